The molecule has 0 saturated heterocycles. The van der Waals surface area contributed by atoms with Crippen molar-refractivity contribution in [3.05, 3.63) is 29.8 Å². The van der Waals surface area contributed by atoms with Crippen LogP contribution in [-0.2, 0) is 9.53 Å². The Morgan fingerprint density at radius 2 is 2.18 bits per heavy atom. The van der Waals surface area contributed by atoms with Crippen LogP contribution in [0.1, 0.15) is 30.6 Å². The standard InChI is InChI=1S/C12H14FNO3/c1-3-8(12(16)17-4-2)11(15)9-5-6-14-7-10(9)13/h5-8H,3-4H2,1-2H3. The summed E-state index contributed by atoms with van der Waals surface area (Å²) in [5.74, 6) is -2.85. The Morgan fingerprint density at radius 3 is 2.71 bits per heavy atom. The van der Waals surface area contributed by atoms with Gasteiger partial charge in [-0.25, -0.2) is 4.39 Å². The minimum absolute atomic E-state index is 0.125. The third-order valence-electron chi connectivity index (χ3n) is 2.33. The summed E-state index contributed by atoms with van der Waals surface area (Å²) in [7, 11) is 0. The zero-order valence-corrected chi connectivity index (χ0v) is 9.77. The first-order valence-electron chi connectivity index (χ1n) is 5.42. The second kappa shape index (κ2) is 6.08. The van der Waals surface area contributed by atoms with Crippen LogP contribution in [0.5, 0.6) is 0 Å². The number of rotatable bonds is 5. The number of hydrogen-bond donors (Lipinski definition) is 0. The summed E-state index contributed by atoms with van der Waals surface area (Å²) in [5, 5.41) is 0. The molecule has 0 aliphatic heterocycles. The van der Waals surface area contributed by atoms with Gasteiger partial charge in [-0.3, -0.25) is 14.6 Å². The van der Waals surface area contributed by atoms with Gasteiger partial charge in [-0.15, -0.1) is 0 Å². The van der Waals surface area contributed by atoms with Crippen LogP contribution in [-0.4, -0.2) is 23.3 Å². The van der Waals surface area contributed by atoms with E-state index in [1.165, 1.54) is 12.3 Å². The molecule has 4 nitrogen and oxygen atoms in total. The fourth-order valence-electron chi connectivity index (χ4n) is 1.46. The van der Waals surface area contributed by atoms with Crippen LogP contribution in [0.3, 0.4) is 0 Å². The van der Waals surface area contributed by atoms with Crippen molar-refractivity contribution in [2.75, 3.05) is 6.61 Å². The smallest absolute Gasteiger partial charge is 0.316 e. The normalized spacial score (nSPS) is 11.9. The fourth-order valence-corrected chi connectivity index (χ4v) is 1.46. The van der Waals surface area contributed by atoms with Gasteiger partial charge in [-0.05, 0) is 19.4 Å². The lowest BCUT2D eigenvalue weighted by molar-refractivity contribution is -0.146. The van der Waals surface area contributed by atoms with Crippen LogP contribution >= 0.6 is 0 Å². The molecule has 0 aliphatic carbocycles. The molecule has 0 aromatic carbocycles. The van der Waals surface area contributed by atoms with Gasteiger partial charge in [0, 0.05) is 6.20 Å². The summed E-state index contributed by atoms with van der Waals surface area (Å²) in [6, 6.07) is 1.26. The first-order chi connectivity index (χ1) is 8.11. The second-order valence-corrected chi connectivity index (χ2v) is 3.43. The predicted molar refractivity (Wildman–Crippen MR) is 58.9 cm³/mol. The largest absolute Gasteiger partial charge is 0.465 e. The molecule has 17 heavy (non-hydrogen) atoms. The average molecular weight is 239 g/mol. The van der Waals surface area contributed by atoms with E-state index in [0.717, 1.165) is 6.20 Å². The van der Waals surface area contributed by atoms with Crippen molar-refractivity contribution in [1.82, 2.24) is 4.98 Å². The highest BCUT2D eigenvalue weighted by molar-refractivity contribution is 6.08. The molecule has 1 heterocycles. The molecule has 1 aromatic heterocycles. The Bertz CT molecular complexity index is 420. The van der Waals surface area contributed by atoms with Crippen LogP contribution in [0.4, 0.5) is 4.39 Å². The lowest BCUT2D eigenvalue weighted by atomic mass is 9.96. The van der Waals surface area contributed by atoms with Crippen molar-refractivity contribution in [3.63, 3.8) is 0 Å². The molecule has 1 aromatic rings. The molecule has 0 N–H and O–H groups in total. The number of esters is 1. The van der Waals surface area contributed by atoms with Gasteiger partial charge < -0.3 is 4.74 Å². The first-order valence-corrected chi connectivity index (χ1v) is 5.42. The van der Waals surface area contributed by atoms with E-state index in [1.807, 2.05) is 0 Å². The minimum Gasteiger partial charge on any atom is -0.465 e. The van der Waals surface area contributed by atoms with Gasteiger partial charge in [-0.1, -0.05) is 6.92 Å². The van der Waals surface area contributed by atoms with Crippen molar-refractivity contribution < 1.29 is 18.7 Å². The number of aromatic nitrogens is 1. The van der Waals surface area contributed by atoms with Gasteiger partial charge >= 0.3 is 5.97 Å². The number of hydrogen-bond acceptors (Lipinski definition) is 4. The topological polar surface area (TPSA) is 56.3 Å². The molecule has 0 aliphatic rings. The molecule has 5 heteroatoms. The van der Waals surface area contributed by atoms with E-state index >= 15 is 0 Å². The summed E-state index contributed by atoms with van der Waals surface area (Å²) in [4.78, 5) is 27.0. The highest BCUT2D eigenvalue weighted by Crippen LogP contribution is 2.16. The van der Waals surface area contributed by atoms with E-state index in [0.29, 0.717) is 0 Å². The van der Waals surface area contributed by atoms with Crippen LogP contribution < -0.4 is 0 Å². The number of nitrogens with zero attached hydrogens (tertiary/aromatic N) is 1. The maximum atomic E-state index is 13.4. The molecule has 1 unspecified atom stereocenters. The molecule has 0 bridgehead atoms. The van der Waals surface area contributed by atoms with Crippen molar-refractivity contribution in [2.45, 2.75) is 20.3 Å². The Hall–Kier alpha value is -1.78. The third-order valence-corrected chi connectivity index (χ3v) is 2.33. The maximum absolute atomic E-state index is 13.4. The minimum atomic E-state index is -0.952. The summed E-state index contributed by atoms with van der Waals surface area (Å²) in [6.07, 6.45) is 2.54. The summed E-state index contributed by atoms with van der Waals surface area (Å²) < 4.78 is 18.1. The molecule has 1 atom stereocenters. The average Bonchev–Trinajstić information content (AvgIpc) is 2.30. The van der Waals surface area contributed by atoms with Crippen molar-refractivity contribution >= 4 is 11.8 Å². The van der Waals surface area contributed by atoms with Crippen LogP contribution in [0.25, 0.3) is 0 Å². The molecular weight excluding hydrogens is 225 g/mol. The molecule has 0 fully saturated rings. The van der Waals surface area contributed by atoms with Gasteiger partial charge in [0.05, 0.1) is 18.4 Å². The van der Waals surface area contributed by atoms with Gasteiger partial charge in [0.25, 0.3) is 0 Å². The number of halogens is 1. The predicted octanol–water partition coefficient (Wildman–Crippen LogP) is 1.99. The Labute approximate surface area is 98.8 Å². The van der Waals surface area contributed by atoms with E-state index in [4.69, 9.17) is 4.74 Å². The SMILES string of the molecule is CCOC(=O)C(CC)C(=O)c1ccncc1F. The molecule has 1 rings (SSSR count). The summed E-state index contributed by atoms with van der Waals surface area (Å²) >= 11 is 0. The molecule has 0 amide bonds. The zero-order chi connectivity index (χ0) is 12.8. The molecule has 0 radical (unpaired) electrons. The Morgan fingerprint density at radius 1 is 1.47 bits per heavy atom. The van der Waals surface area contributed by atoms with Crippen molar-refractivity contribution in [1.29, 1.82) is 0 Å². The monoisotopic (exact) mass is 239 g/mol. The number of Topliss-reactive ketones (excluding diaryl/α,β-unsaturated/α-hetero) is 1. The molecular formula is C12H14FNO3. The lowest BCUT2D eigenvalue weighted by Gasteiger charge is -2.12. The van der Waals surface area contributed by atoms with E-state index in [9.17, 15) is 14.0 Å². The quantitative estimate of drug-likeness (QED) is 0.448. The van der Waals surface area contributed by atoms with Gasteiger partial charge in [-0.2, -0.15) is 0 Å². The van der Waals surface area contributed by atoms with Gasteiger partial charge in [0.2, 0.25) is 0 Å². The Kier molecular flexibility index (Phi) is 4.75. The van der Waals surface area contributed by atoms with Crippen molar-refractivity contribution in [3.8, 4) is 0 Å². The molecule has 92 valence electrons. The summed E-state index contributed by atoms with van der Waals surface area (Å²) in [5.41, 5.74) is -0.125. The van der Waals surface area contributed by atoms with Crippen LogP contribution in [0, 0.1) is 11.7 Å². The van der Waals surface area contributed by atoms with Crippen LogP contribution in [0.2, 0.25) is 0 Å². The van der Waals surface area contributed by atoms with Gasteiger partial charge in [0.15, 0.2) is 11.6 Å². The number of pyridine rings is 1. The highest BCUT2D eigenvalue weighted by Gasteiger charge is 2.28. The Balaban J connectivity index is 2.94. The maximum Gasteiger partial charge on any atom is 0.316 e. The summed E-state index contributed by atoms with van der Waals surface area (Å²) in [6.45, 7) is 3.53. The fraction of sp³-hybridized carbons (Fsp3) is 0.417. The highest BCUT2D eigenvalue weighted by atomic mass is 19.1. The van der Waals surface area contributed by atoms with E-state index in [-0.39, 0.29) is 18.6 Å². The number of carbonyl (C=O) groups is 2. The molecule has 0 saturated carbocycles. The number of ketones is 1. The lowest BCUT2D eigenvalue weighted by Crippen LogP contribution is -2.26. The van der Waals surface area contributed by atoms with Crippen molar-refractivity contribution in [2.24, 2.45) is 5.92 Å². The number of carbonyl (C=O) groups excluding carboxylic acids is 2. The molecule has 0 spiro atoms. The third kappa shape index (κ3) is 3.09. The van der Waals surface area contributed by atoms with Gasteiger partial charge in [0.1, 0.15) is 5.92 Å². The van der Waals surface area contributed by atoms with E-state index in [1.54, 1.807) is 13.8 Å². The number of ether oxygens (including phenoxy) is 1. The first kappa shape index (κ1) is 13.3. The zero-order valence-electron chi connectivity index (χ0n) is 9.77. The van der Waals surface area contributed by atoms with E-state index in [2.05, 4.69) is 4.98 Å². The van der Waals surface area contributed by atoms with E-state index < -0.39 is 23.5 Å². The van der Waals surface area contributed by atoms with Crippen LogP contribution in [0.15, 0.2) is 18.5 Å². The second-order valence-electron chi connectivity index (χ2n) is 3.43.